The molecule has 0 amide bonds. The molecule has 19 heavy (non-hydrogen) atoms. The fourth-order valence-corrected chi connectivity index (χ4v) is 1.87. The first kappa shape index (κ1) is 13.7. The Morgan fingerprint density at radius 3 is 1.53 bits per heavy atom. The summed E-state index contributed by atoms with van der Waals surface area (Å²) < 4.78 is 10.5. The SMILES string of the molecule is Oc1cc(Cl)cc(OBOc2cc(O)cc(Cl)c2)c1. The molecule has 0 fully saturated rings. The van der Waals surface area contributed by atoms with Gasteiger partial charge in [-0.3, -0.25) is 0 Å². The van der Waals surface area contributed by atoms with E-state index in [1.807, 2.05) is 0 Å². The van der Waals surface area contributed by atoms with E-state index in [1.165, 1.54) is 24.3 Å². The molecule has 98 valence electrons. The molecule has 0 spiro atoms. The van der Waals surface area contributed by atoms with Gasteiger partial charge < -0.3 is 19.5 Å². The van der Waals surface area contributed by atoms with Crippen LogP contribution in [0.3, 0.4) is 0 Å². The highest BCUT2D eigenvalue weighted by atomic mass is 35.5. The van der Waals surface area contributed by atoms with Gasteiger partial charge in [0.25, 0.3) is 0 Å². The van der Waals surface area contributed by atoms with Crippen LogP contribution < -0.4 is 9.31 Å². The quantitative estimate of drug-likeness (QED) is 0.852. The maximum absolute atomic E-state index is 9.33. The van der Waals surface area contributed by atoms with Crippen LogP contribution in [-0.2, 0) is 0 Å². The van der Waals surface area contributed by atoms with Crippen molar-refractivity contribution in [2.45, 2.75) is 0 Å². The van der Waals surface area contributed by atoms with Gasteiger partial charge in [0, 0.05) is 22.2 Å². The van der Waals surface area contributed by atoms with Crippen LogP contribution >= 0.6 is 23.2 Å². The molecule has 7 heteroatoms. The zero-order valence-corrected chi connectivity index (χ0v) is 11.1. The first-order valence-corrected chi connectivity index (χ1v) is 6.03. The fourth-order valence-electron chi connectivity index (χ4n) is 1.43. The average molecular weight is 299 g/mol. The molecule has 0 heterocycles. The highest BCUT2D eigenvalue weighted by Crippen LogP contribution is 2.26. The van der Waals surface area contributed by atoms with Crippen LogP contribution in [0.4, 0.5) is 0 Å². The molecule has 4 nitrogen and oxygen atoms in total. The Morgan fingerprint density at radius 2 is 1.16 bits per heavy atom. The molecular formula is C12H9BCl2O4. The number of hydrogen-bond acceptors (Lipinski definition) is 4. The number of rotatable bonds is 4. The van der Waals surface area contributed by atoms with E-state index in [2.05, 4.69) is 0 Å². The summed E-state index contributed by atoms with van der Waals surface area (Å²) in [6.45, 7) is 0. The molecular weight excluding hydrogens is 290 g/mol. The van der Waals surface area contributed by atoms with Crippen LogP contribution in [0.25, 0.3) is 0 Å². The standard InChI is InChI=1S/C12H9BCl2O4/c14-7-1-9(16)5-11(3-7)18-13-19-12-4-8(15)2-10(17)6-12/h1-6,13,16-17H. The molecule has 0 unspecified atom stereocenters. The third-order valence-corrected chi connectivity index (χ3v) is 2.60. The van der Waals surface area contributed by atoms with Crippen molar-refractivity contribution in [2.24, 2.45) is 0 Å². The highest BCUT2D eigenvalue weighted by Gasteiger charge is 2.04. The molecule has 0 radical (unpaired) electrons. The lowest BCUT2D eigenvalue weighted by Crippen LogP contribution is -2.10. The van der Waals surface area contributed by atoms with Crippen molar-refractivity contribution >= 4 is 30.9 Å². The first-order chi connectivity index (χ1) is 9.02. The van der Waals surface area contributed by atoms with Crippen molar-refractivity contribution in [3.05, 3.63) is 46.4 Å². The summed E-state index contributed by atoms with van der Waals surface area (Å²) in [5.41, 5.74) is 0. The molecule has 0 bridgehead atoms. The summed E-state index contributed by atoms with van der Waals surface area (Å²) in [6.07, 6.45) is 0. The number of aromatic hydroxyl groups is 2. The van der Waals surface area contributed by atoms with Crippen molar-refractivity contribution in [2.75, 3.05) is 0 Å². The van der Waals surface area contributed by atoms with E-state index in [-0.39, 0.29) is 19.2 Å². The minimum atomic E-state index is -0.112. The van der Waals surface area contributed by atoms with Crippen molar-refractivity contribution < 1.29 is 19.5 Å². The van der Waals surface area contributed by atoms with Crippen molar-refractivity contribution in [1.29, 1.82) is 0 Å². The van der Waals surface area contributed by atoms with Gasteiger partial charge in [0.1, 0.15) is 23.0 Å². The molecule has 0 saturated carbocycles. The third kappa shape index (κ3) is 4.15. The third-order valence-electron chi connectivity index (χ3n) is 2.16. The summed E-state index contributed by atoms with van der Waals surface area (Å²) >= 11 is 11.5. The van der Waals surface area contributed by atoms with Gasteiger partial charge in [0.15, 0.2) is 0 Å². The Bertz CT molecular complexity index is 500. The van der Waals surface area contributed by atoms with E-state index in [0.717, 1.165) is 0 Å². The number of phenols is 2. The van der Waals surface area contributed by atoms with Gasteiger partial charge in [-0.05, 0) is 24.3 Å². The second kappa shape index (κ2) is 5.95. The lowest BCUT2D eigenvalue weighted by molar-refractivity contribution is 0.442. The van der Waals surface area contributed by atoms with Crippen LogP contribution in [0.2, 0.25) is 10.0 Å². The number of halogens is 2. The van der Waals surface area contributed by atoms with E-state index in [0.29, 0.717) is 21.5 Å². The monoisotopic (exact) mass is 298 g/mol. The minimum absolute atomic E-state index is 0.00269. The number of hydrogen-bond donors (Lipinski definition) is 2. The van der Waals surface area contributed by atoms with Crippen LogP contribution in [0.1, 0.15) is 0 Å². The lowest BCUT2D eigenvalue weighted by atomic mass is 10.2. The smallest absolute Gasteiger partial charge is 0.528 e. The molecule has 2 aromatic rings. The molecule has 0 atom stereocenters. The Morgan fingerprint density at radius 1 is 0.737 bits per heavy atom. The zero-order valence-electron chi connectivity index (χ0n) is 9.64. The first-order valence-electron chi connectivity index (χ1n) is 5.27. The van der Waals surface area contributed by atoms with E-state index < -0.39 is 0 Å². The van der Waals surface area contributed by atoms with Gasteiger partial charge in [-0.1, -0.05) is 23.2 Å². The summed E-state index contributed by atoms with van der Waals surface area (Å²) in [5, 5.41) is 19.4. The predicted octanol–water partition coefficient (Wildman–Crippen LogP) is 3.13. The van der Waals surface area contributed by atoms with E-state index >= 15 is 0 Å². The molecule has 0 aliphatic rings. The predicted molar refractivity (Wildman–Crippen MR) is 74.6 cm³/mol. The molecule has 0 aliphatic heterocycles. The lowest BCUT2D eigenvalue weighted by Gasteiger charge is -2.08. The zero-order chi connectivity index (χ0) is 13.8. The van der Waals surface area contributed by atoms with E-state index in [1.54, 1.807) is 12.1 Å². The summed E-state index contributed by atoms with van der Waals surface area (Å²) in [7, 11) is -0.112. The van der Waals surface area contributed by atoms with Crippen LogP contribution in [-0.4, -0.2) is 17.9 Å². The van der Waals surface area contributed by atoms with Crippen LogP contribution in [0.5, 0.6) is 23.0 Å². The molecule has 0 aliphatic carbocycles. The van der Waals surface area contributed by atoms with Gasteiger partial charge in [0.2, 0.25) is 0 Å². The van der Waals surface area contributed by atoms with Gasteiger partial charge in [0.05, 0.1) is 0 Å². The Hall–Kier alpha value is -1.72. The Labute approximate surface area is 120 Å². The second-order valence-electron chi connectivity index (χ2n) is 3.70. The molecule has 0 aromatic heterocycles. The van der Waals surface area contributed by atoms with Gasteiger partial charge in [-0.2, -0.15) is 0 Å². The van der Waals surface area contributed by atoms with Gasteiger partial charge in [-0.25, -0.2) is 0 Å². The minimum Gasteiger partial charge on any atom is -0.528 e. The summed E-state index contributed by atoms with van der Waals surface area (Å²) in [6, 6.07) is 8.68. The van der Waals surface area contributed by atoms with Crippen molar-refractivity contribution in [1.82, 2.24) is 0 Å². The van der Waals surface area contributed by atoms with Gasteiger partial charge in [-0.15, -0.1) is 0 Å². The summed E-state index contributed by atoms with van der Waals surface area (Å²) in [5.74, 6) is 0.748. The average Bonchev–Trinajstić information content (AvgIpc) is 2.26. The summed E-state index contributed by atoms with van der Waals surface area (Å²) in [4.78, 5) is 0. The number of phenolic OH excluding ortho intramolecular Hbond substituents is 2. The molecule has 2 N–H and O–H groups in total. The largest absolute Gasteiger partial charge is 0.576 e. The van der Waals surface area contributed by atoms with Crippen molar-refractivity contribution in [3.63, 3.8) is 0 Å². The van der Waals surface area contributed by atoms with Gasteiger partial charge >= 0.3 is 7.69 Å². The molecule has 2 rings (SSSR count). The second-order valence-corrected chi connectivity index (χ2v) is 4.57. The number of benzene rings is 2. The Kier molecular flexibility index (Phi) is 4.29. The van der Waals surface area contributed by atoms with Crippen LogP contribution in [0, 0.1) is 0 Å². The molecule has 2 aromatic carbocycles. The maximum Gasteiger partial charge on any atom is 0.576 e. The Balaban J connectivity index is 1.96. The topological polar surface area (TPSA) is 58.9 Å². The van der Waals surface area contributed by atoms with Crippen molar-refractivity contribution in [3.8, 4) is 23.0 Å². The normalized spacial score (nSPS) is 10.0. The molecule has 0 saturated heterocycles. The van der Waals surface area contributed by atoms with Crippen LogP contribution in [0.15, 0.2) is 36.4 Å². The highest BCUT2D eigenvalue weighted by molar-refractivity contribution is 6.31. The van der Waals surface area contributed by atoms with E-state index in [9.17, 15) is 10.2 Å². The maximum atomic E-state index is 9.33. The fraction of sp³-hybridized carbons (Fsp3) is 0. The van der Waals surface area contributed by atoms with E-state index in [4.69, 9.17) is 32.5 Å².